The van der Waals surface area contributed by atoms with Crippen LogP contribution >= 0.6 is 0 Å². The second-order valence-corrected chi connectivity index (χ2v) is 10.3. The van der Waals surface area contributed by atoms with E-state index in [0.29, 0.717) is 30.0 Å². The van der Waals surface area contributed by atoms with Crippen LogP contribution in [0.3, 0.4) is 0 Å². The Balaban J connectivity index is 1.69. The van der Waals surface area contributed by atoms with Crippen molar-refractivity contribution in [1.29, 1.82) is 0 Å². The van der Waals surface area contributed by atoms with Crippen LogP contribution in [0.1, 0.15) is 78.6 Å². The number of carbonyl (C=O) groups is 2. The van der Waals surface area contributed by atoms with E-state index in [1.54, 1.807) is 0 Å². The first-order valence-electron chi connectivity index (χ1n) is 11.1. The fourth-order valence-corrected chi connectivity index (χ4v) is 7.53. The summed E-state index contributed by atoms with van der Waals surface area (Å²) in [6, 6.07) is 0. The molecule has 2 saturated heterocycles. The van der Waals surface area contributed by atoms with Gasteiger partial charge in [0.05, 0.1) is 19.1 Å². The number of hydrogen-bond acceptors (Lipinski definition) is 4. The Morgan fingerprint density at radius 2 is 1.93 bits per heavy atom. The number of ether oxygens (including phenoxy) is 2. The molecule has 8 atom stereocenters. The minimum absolute atomic E-state index is 0.0979. The molecule has 4 fully saturated rings. The van der Waals surface area contributed by atoms with Crippen LogP contribution in [0.5, 0.6) is 0 Å². The Kier molecular flexibility index (Phi) is 4.93. The molecule has 2 aliphatic heterocycles. The van der Waals surface area contributed by atoms with Crippen molar-refractivity contribution >= 4 is 11.8 Å². The van der Waals surface area contributed by atoms with Gasteiger partial charge in [-0.2, -0.15) is 0 Å². The molecule has 2 heterocycles. The second kappa shape index (κ2) is 6.86. The molecule has 27 heavy (non-hydrogen) atoms. The molecule has 0 N–H and O–H groups in total. The summed E-state index contributed by atoms with van der Waals surface area (Å²) in [5, 5.41) is 0. The van der Waals surface area contributed by atoms with E-state index in [2.05, 4.69) is 13.8 Å². The molecule has 4 rings (SSSR count). The fraction of sp³-hybridized carbons (Fsp3) is 0.913. The van der Waals surface area contributed by atoms with Gasteiger partial charge >= 0.3 is 5.97 Å². The Morgan fingerprint density at radius 1 is 1.19 bits per heavy atom. The Hall–Kier alpha value is -0.900. The van der Waals surface area contributed by atoms with E-state index in [4.69, 9.17) is 9.47 Å². The topological polar surface area (TPSA) is 52.6 Å². The highest BCUT2D eigenvalue weighted by Crippen LogP contribution is 2.64. The number of methoxy groups -OCH3 is 1. The average Bonchev–Trinajstić information content (AvgIpc) is 2.96. The van der Waals surface area contributed by atoms with Crippen LogP contribution in [-0.4, -0.2) is 30.6 Å². The molecular formula is C23H36O4. The molecule has 0 aromatic carbocycles. The van der Waals surface area contributed by atoms with E-state index in [1.165, 1.54) is 13.5 Å². The first-order valence-corrected chi connectivity index (χ1v) is 11.1. The van der Waals surface area contributed by atoms with Gasteiger partial charge in [-0.1, -0.05) is 27.2 Å². The quantitative estimate of drug-likeness (QED) is 0.664. The van der Waals surface area contributed by atoms with Gasteiger partial charge in [0, 0.05) is 6.42 Å². The van der Waals surface area contributed by atoms with Crippen molar-refractivity contribution in [3.8, 4) is 0 Å². The number of fused-ring (bicyclic) bond motifs is 3. The lowest BCUT2D eigenvalue weighted by Crippen LogP contribution is -2.62. The standard InChI is InChI=1S/C23H36O4/c1-14-7-8-19-18-10-9-17(15(2)21(25)26-4)22(18,3)13-20(24)23(19)11-5-6-16(12-14)27-23/h14-19H,5-13H2,1-4H3/t14-,15+,16-,17-,18+,19+,22+,23+/m1/s1. The molecule has 0 unspecified atom stereocenters. The number of esters is 1. The lowest BCUT2D eigenvalue weighted by Gasteiger charge is -2.57. The van der Waals surface area contributed by atoms with E-state index < -0.39 is 5.60 Å². The van der Waals surface area contributed by atoms with Crippen LogP contribution in [0, 0.1) is 35.0 Å². The van der Waals surface area contributed by atoms with Crippen LogP contribution in [0.25, 0.3) is 0 Å². The number of carbonyl (C=O) groups excluding carboxylic acids is 2. The number of hydrogen-bond donors (Lipinski definition) is 0. The number of ketones is 1. The van der Waals surface area contributed by atoms with Gasteiger partial charge < -0.3 is 9.47 Å². The van der Waals surface area contributed by atoms with Gasteiger partial charge in [0.1, 0.15) is 5.60 Å². The van der Waals surface area contributed by atoms with Crippen molar-refractivity contribution in [1.82, 2.24) is 0 Å². The minimum atomic E-state index is -0.531. The molecule has 2 saturated carbocycles. The summed E-state index contributed by atoms with van der Waals surface area (Å²) in [6.07, 6.45) is 9.50. The fourth-order valence-electron chi connectivity index (χ4n) is 7.53. The van der Waals surface area contributed by atoms with Gasteiger partial charge in [0.15, 0.2) is 5.78 Å². The lowest BCUT2D eigenvalue weighted by atomic mass is 9.52. The van der Waals surface area contributed by atoms with E-state index in [-0.39, 0.29) is 29.3 Å². The predicted octanol–water partition coefficient (Wildman–Crippen LogP) is 4.54. The summed E-state index contributed by atoms with van der Waals surface area (Å²) in [4.78, 5) is 25.9. The van der Waals surface area contributed by atoms with Crippen LogP contribution < -0.4 is 0 Å². The first kappa shape index (κ1) is 19.4. The zero-order chi connectivity index (χ0) is 19.4. The third kappa shape index (κ3) is 2.89. The van der Waals surface area contributed by atoms with Gasteiger partial charge in [-0.05, 0) is 74.0 Å². The molecule has 4 aliphatic rings. The van der Waals surface area contributed by atoms with Crippen LogP contribution in [-0.2, 0) is 19.1 Å². The monoisotopic (exact) mass is 376 g/mol. The number of Topliss-reactive ketones (excluding diaryl/α,β-unsaturated/α-hetero) is 1. The maximum Gasteiger partial charge on any atom is 0.308 e. The van der Waals surface area contributed by atoms with Crippen molar-refractivity contribution in [3.63, 3.8) is 0 Å². The van der Waals surface area contributed by atoms with E-state index in [0.717, 1.165) is 44.9 Å². The average molecular weight is 377 g/mol. The maximum atomic E-state index is 13.6. The minimum Gasteiger partial charge on any atom is -0.469 e. The Bertz CT molecular complexity index is 615. The van der Waals surface area contributed by atoms with Gasteiger partial charge in [-0.25, -0.2) is 0 Å². The molecule has 0 aromatic rings. The summed E-state index contributed by atoms with van der Waals surface area (Å²) in [7, 11) is 1.47. The van der Waals surface area contributed by atoms with Crippen LogP contribution in [0.4, 0.5) is 0 Å². The van der Waals surface area contributed by atoms with Crippen molar-refractivity contribution in [2.75, 3.05) is 7.11 Å². The third-order valence-corrected chi connectivity index (χ3v) is 8.84. The van der Waals surface area contributed by atoms with Crippen molar-refractivity contribution in [3.05, 3.63) is 0 Å². The molecule has 152 valence electrons. The van der Waals surface area contributed by atoms with E-state index in [1.807, 2.05) is 6.92 Å². The normalized spacial score (nSPS) is 48.0. The SMILES string of the molecule is COC(=O)[C@@H](C)[C@H]1CC[C@H]2[C@@H]3CC[C@@H](C)C[C@H]4CCC[C@@]3(O4)C(=O)C[C@@]12C. The summed E-state index contributed by atoms with van der Waals surface area (Å²) >= 11 is 0. The molecular weight excluding hydrogens is 340 g/mol. The molecule has 2 bridgehead atoms. The van der Waals surface area contributed by atoms with Gasteiger partial charge in [0.2, 0.25) is 0 Å². The maximum absolute atomic E-state index is 13.6. The van der Waals surface area contributed by atoms with Gasteiger partial charge in [-0.3, -0.25) is 9.59 Å². The smallest absolute Gasteiger partial charge is 0.308 e. The van der Waals surface area contributed by atoms with E-state index in [9.17, 15) is 9.59 Å². The summed E-state index contributed by atoms with van der Waals surface area (Å²) in [6.45, 7) is 6.61. The molecule has 2 aliphatic carbocycles. The zero-order valence-corrected chi connectivity index (χ0v) is 17.5. The van der Waals surface area contributed by atoms with E-state index >= 15 is 0 Å². The number of rotatable bonds is 2. The predicted molar refractivity (Wildman–Crippen MR) is 103 cm³/mol. The molecule has 0 aromatic heterocycles. The van der Waals surface area contributed by atoms with Crippen molar-refractivity contribution in [2.45, 2.75) is 90.3 Å². The Morgan fingerprint density at radius 3 is 2.67 bits per heavy atom. The summed E-state index contributed by atoms with van der Waals surface area (Å²) in [5.41, 5.74) is -0.629. The molecule has 4 heteroatoms. The third-order valence-electron chi connectivity index (χ3n) is 8.84. The molecule has 1 spiro atoms. The molecule has 4 nitrogen and oxygen atoms in total. The second-order valence-electron chi connectivity index (χ2n) is 10.3. The largest absolute Gasteiger partial charge is 0.469 e. The molecule has 0 amide bonds. The first-order chi connectivity index (χ1) is 12.8. The zero-order valence-electron chi connectivity index (χ0n) is 17.5. The van der Waals surface area contributed by atoms with Crippen LogP contribution in [0.15, 0.2) is 0 Å². The molecule has 0 radical (unpaired) electrons. The van der Waals surface area contributed by atoms with Gasteiger partial charge in [0.25, 0.3) is 0 Å². The van der Waals surface area contributed by atoms with Gasteiger partial charge in [-0.15, -0.1) is 0 Å². The highest BCUT2D eigenvalue weighted by molar-refractivity contribution is 5.90. The summed E-state index contributed by atoms with van der Waals surface area (Å²) < 4.78 is 11.7. The lowest BCUT2D eigenvalue weighted by molar-refractivity contribution is -0.213. The highest BCUT2D eigenvalue weighted by Gasteiger charge is 2.65. The van der Waals surface area contributed by atoms with Crippen molar-refractivity contribution < 1.29 is 19.1 Å². The van der Waals surface area contributed by atoms with Crippen LogP contribution in [0.2, 0.25) is 0 Å². The summed E-state index contributed by atoms with van der Waals surface area (Å²) in [5.74, 6) is 1.77. The highest BCUT2D eigenvalue weighted by atomic mass is 16.5. The van der Waals surface area contributed by atoms with Crippen molar-refractivity contribution in [2.24, 2.45) is 35.0 Å². The Labute approximate surface area is 163 Å².